The molecular formula is C16H12O6S2. The van der Waals surface area contributed by atoms with Crippen molar-refractivity contribution in [1.29, 1.82) is 0 Å². The quantitative estimate of drug-likeness (QED) is 0.696. The zero-order valence-electron chi connectivity index (χ0n) is 12.3. The Morgan fingerprint density at radius 3 is 2.50 bits per heavy atom. The fourth-order valence-electron chi connectivity index (χ4n) is 2.65. The maximum atomic E-state index is 12.4. The summed E-state index contributed by atoms with van der Waals surface area (Å²) in [4.78, 5) is 48.2. The molecule has 0 amide bonds. The molecule has 0 saturated carbocycles. The number of hydrogen-bond acceptors (Lipinski definition) is 6. The van der Waals surface area contributed by atoms with Gasteiger partial charge in [0.2, 0.25) is 5.78 Å². The number of fused-ring (bicyclic) bond motifs is 2. The van der Waals surface area contributed by atoms with E-state index >= 15 is 0 Å². The topological polar surface area (TPSA) is 109 Å². The minimum Gasteiger partial charge on any atom is -0.481 e. The fourth-order valence-corrected chi connectivity index (χ4v) is 4.73. The predicted octanol–water partition coefficient (Wildman–Crippen LogP) is 2.69. The van der Waals surface area contributed by atoms with E-state index in [9.17, 15) is 24.3 Å². The summed E-state index contributed by atoms with van der Waals surface area (Å²) in [5.74, 6) is -3.43. The average Bonchev–Trinajstić information content (AvgIpc) is 3.15. The Bertz CT molecular complexity index is 812. The number of carbonyl (C=O) groups is 4. The summed E-state index contributed by atoms with van der Waals surface area (Å²) in [7, 11) is 0. The second-order valence-electron chi connectivity index (χ2n) is 5.45. The van der Waals surface area contributed by atoms with E-state index in [1.54, 1.807) is 17.5 Å². The number of carbonyl (C=O) groups excluding carboxylic acids is 2. The Morgan fingerprint density at radius 2 is 1.83 bits per heavy atom. The van der Waals surface area contributed by atoms with Gasteiger partial charge in [0.25, 0.3) is 0 Å². The molecule has 0 radical (unpaired) electrons. The molecule has 124 valence electrons. The third-order valence-electron chi connectivity index (χ3n) is 3.85. The van der Waals surface area contributed by atoms with E-state index in [4.69, 9.17) is 5.11 Å². The van der Waals surface area contributed by atoms with Crippen molar-refractivity contribution in [2.45, 2.75) is 19.3 Å². The molecule has 0 saturated heterocycles. The van der Waals surface area contributed by atoms with Crippen LogP contribution >= 0.6 is 22.7 Å². The molecule has 2 aromatic rings. The van der Waals surface area contributed by atoms with Crippen LogP contribution in [0.5, 0.6) is 0 Å². The predicted molar refractivity (Wildman–Crippen MR) is 87.2 cm³/mol. The first-order chi connectivity index (χ1) is 11.4. The summed E-state index contributed by atoms with van der Waals surface area (Å²) in [6.07, 6.45) is -0.131. The molecule has 3 rings (SSSR count). The van der Waals surface area contributed by atoms with Gasteiger partial charge in [0.05, 0.1) is 15.7 Å². The molecule has 2 N–H and O–H groups in total. The number of ketones is 2. The second-order valence-corrected chi connectivity index (χ2v) is 7.50. The van der Waals surface area contributed by atoms with Crippen LogP contribution in [0.15, 0.2) is 17.5 Å². The van der Waals surface area contributed by atoms with Crippen LogP contribution in [0.1, 0.15) is 48.2 Å². The van der Waals surface area contributed by atoms with Gasteiger partial charge in [-0.05, 0) is 30.4 Å². The summed E-state index contributed by atoms with van der Waals surface area (Å²) in [5, 5.41) is 19.7. The lowest BCUT2D eigenvalue weighted by molar-refractivity contribution is -0.142. The Kier molecular flexibility index (Phi) is 4.33. The van der Waals surface area contributed by atoms with Crippen LogP contribution in [0, 0.1) is 5.92 Å². The monoisotopic (exact) mass is 364 g/mol. The molecule has 1 aliphatic carbocycles. The first-order valence-corrected chi connectivity index (χ1v) is 8.82. The lowest BCUT2D eigenvalue weighted by atomic mass is 9.94. The normalized spacial score (nSPS) is 14.2. The molecule has 1 unspecified atom stereocenters. The van der Waals surface area contributed by atoms with Crippen molar-refractivity contribution in [2.24, 2.45) is 5.92 Å². The minimum absolute atomic E-state index is 0.00245. The van der Waals surface area contributed by atoms with Crippen molar-refractivity contribution in [1.82, 2.24) is 0 Å². The summed E-state index contributed by atoms with van der Waals surface area (Å²) in [6.45, 7) is 0. The van der Waals surface area contributed by atoms with Gasteiger partial charge < -0.3 is 10.2 Å². The highest BCUT2D eigenvalue weighted by atomic mass is 32.1. The highest BCUT2D eigenvalue weighted by Gasteiger charge is 2.33. The van der Waals surface area contributed by atoms with Crippen molar-refractivity contribution in [3.05, 3.63) is 43.3 Å². The molecule has 8 heteroatoms. The minimum atomic E-state index is -1.08. The van der Waals surface area contributed by atoms with Crippen LogP contribution in [0.25, 0.3) is 0 Å². The summed E-state index contributed by atoms with van der Waals surface area (Å²) in [5.41, 5.74) is 0.704. The molecule has 24 heavy (non-hydrogen) atoms. The van der Waals surface area contributed by atoms with Crippen molar-refractivity contribution < 1.29 is 29.4 Å². The summed E-state index contributed by atoms with van der Waals surface area (Å²) >= 11 is 2.34. The van der Waals surface area contributed by atoms with Gasteiger partial charge in [-0.15, -0.1) is 22.7 Å². The SMILES string of the molecule is O=C(O)CCC(Cc1cc2c(s1)C(=O)c1sccc1C2=O)C(=O)O. The first kappa shape index (κ1) is 16.5. The Morgan fingerprint density at radius 1 is 1.08 bits per heavy atom. The number of hydrogen-bond donors (Lipinski definition) is 2. The van der Waals surface area contributed by atoms with E-state index in [-0.39, 0.29) is 30.8 Å². The van der Waals surface area contributed by atoms with Crippen molar-refractivity contribution >= 4 is 46.2 Å². The van der Waals surface area contributed by atoms with Crippen LogP contribution in [-0.4, -0.2) is 33.7 Å². The molecule has 2 aromatic heterocycles. The Balaban J connectivity index is 1.86. The molecule has 1 atom stereocenters. The number of carboxylic acid groups (broad SMARTS) is 2. The molecule has 0 spiro atoms. The average molecular weight is 364 g/mol. The Labute approximate surface area is 144 Å². The third kappa shape index (κ3) is 2.90. The Hall–Kier alpha value is -2.32. The number of carboxylic acids is 2. The van der Waals surface area contributed by atoms with E-state index in [0.29, 0.717) is 25.8 Å². The summed E-state index contributed by atoms with van der Waals surface area (Å²) < 4.78 is 0. The summed E-state index contributed by atoms with van der Waals surface area (Å²) in [6, 6.07) is 3.19. The van der Waals surface area contributed by atoms with Crippen molar-refractivity contribution in [3.63, 3.8) is 0 Å². The number of thiophene rings is 2. The number of aliphatic carboxylic acids is 2. The standard InChI is InChI=1S/C16H12O6S2/c17-11(18)2-1-7(16(21)22)5-8-6-10-12(19)9-3-4-23-14(9)13(20)15(10)24-8/h3-4,6-7H,1-2,5H2,(H,17,18)(H,21,22). The number of rotatable bonds is 6. The molecule has 2 heterocycles. The maximum Gasteiger partial charge on any atom is 0.306 e. The van der Waals surface area contributed by atoms with Crippen molar-refractivity contribution in [2.75, 3.05) is 0 Å². The maximum absolute atomic E-state index is 12.4. The highest BCUT2D eigenvalue weighted by Crippen LogP contribution is 2.36. The van der Waals surface area contributed by atoms with Gasteiger partial charge in [-0.3, -0.25) is 19.2 Å². The molecule has 0 aromatic carbocycles. The molecule has 0 aliphatic heterocycles. The van der Waals surface area contributed by atoms with Crippen molar-refractivity contribution in [3.8, 4) is 0 Å². The largest absolute Gasteiger partial charge is 0.481 e. The van der Waals surface area contributed by atoms with E-state index in [2.05, 4.69) is 0 Å². The molecule has 1 aliphatic rings. The molecule has 6 nitrogen and oxygen atoms in total. The van der Waals surface area contributed by atoms with E-state index in [1.165, 1.54) is 11.3 Å². The zero-order valence-corrected chi connectivity index (χ0v) is 13.9. The van der Waals surface area contributed by atoms with E-state index in [0.717, 1.165) is 11.3 Å². The van der Waals surface area contributed by atoms with Gasteiger partial charge >= 0.3 is 11.9 Å². The van der Waals surface area contributed by atoms with Gasteiger partial charge in [-0.1, -0.05) is 0 Å². The third-order valence-corrected chi connectivity index (χ3v) is 5.92. The van der Waals surface area contributed by atoms with Gasteiger partial charge in [0.15, 0.2) is 5.78 Å². The lowest BCUT2D eigenvalue weighted by Crippen LogP contribution is -2.17. The van der Waals surface area contributed by atoms with Crippen LogP contribution in [-0.2, 0) is 16.0 Å². The van der Waals surface area contributed by atoms with E-state index < -0.39 is 17.9 Å². The molecule has 0 fully saturated rings. The molecular weight excluding hydrogens is 352 g/mol. The van der Waals surface area contributed by atoms with Gasteiger partial charge in [0, 0.05) is 22.4 Å². The lowest BCUT2D eigenvalue weighted by Gasteiger charge is -2.09. The second kappa shape index (κ2) is 6.29. The van der Waals surface area contributed by atoms with Crippen LogP contribution in [0.2, 0.25) is 0 Å². The van der Waals surface area contributed by atoms with E-state index in [1.807, 2.05) is 0 Å². The zero-order chi connectivity index (χ0) is 17.4. The van der Waals surface area contributed by atoms with Crippen LogP contribution < -0.4 is 0 Å². The van der Waals surface area contributed by atoms with Gasteiger partial charge in [-0.2, -0.15) is 0 Å². The van der Waals surface area contributed by atoms with Crippen LogP contribution in [0.4, 0.5) is 0 Å². The fraction of sp³-hybridized carbons (Fsp3) is 0.250. The first-order valence-electron chi connectivity index (χ1n) is 7.12. The van der Waals surface area contributed by atoms with Gasteiger partial charge in [0.1, 0.15) is 0 Å². The van der Waals surface area contributed by atoms with Gasteiger partial charge in [-0.25, -0.2) is 0 Å². The highest BCUT2D eigenvalue weighted by molar-refractivity contribution is 7.17. The molecule has 0 bridgehead atoms. The smallest absolute Gasteiger partial charge is 0.306 e. The van der Waals surface area contributed by atoms with Crippen LogP contribution in [0.3, 0.4) is 0 Å².